The number of ether oxygens (including phenoxy) is 1. The van der Waals surface area contributed by atoms with Gasteiger partial charge < -0.3 is 4.74 Å². The summed E-state index contributed by atoms with van der Waals surface area (Å²) in [6.45, 7) is 4.58. The van der Waals surface area contributed by atoms with Crippen LogP contribution in [0.4, 0.5) is 0 Å². The van der Waals surface area contributed by atoms with E-state index in [1.54, 1.807) is 0 Å². The number of aryl methyl sites for hydroxylation is 1. The molecule has 2 nitrogen and oxygen atoms in total. The van der Waals surface area contributed by atoms with Crippen LogP contribution in [0.3, 0.4) is 0 Å². The molecular formula is C10H14O2S. The van der Waals surface area contributed by atoms with Crippen LogP contribution in [0.2, 0.25) is 0 Å². The summed E-state index contributed by atoms with van der Waals surface area (Å²) in [6.07, 6.45) is 1.99. The van der Waals surface area contributed by atoms with E-state index in [0.29, 0.717) is 11.5 Å². The average molecular weight is 198 g/mol. The minimum atomic E-state index is -0.188. The second kappa shape index (κ2) is 5.02. The summed E-state index contributed by atoms with van der Waals surface area (Å²) in [5.74, 6) is -0.188. The summed E-state index contributed by atoms with van der Waals surface area (Å²) in [5.41, 5.74) is 1.12. The fraction of sp³-hybridized carbons (Fsp3) is 0.500. The second-order valence-electron chi connectivity index (χ2n) is 2.98. The molecule has 0 aliphatic carbocycles. The van der Waals surface area contributed by atoms with Crippen molar-refractivity contribution < 1.29 is 9.53 Å². The molecule has 0 bridgehead atoms. The zero-order valence-corrected chi connectivity index (χ0v) is 8.82. The molecular weight excluding hydrogens is 184 g/mol. The highest BCUT2D eigenvalue weighted by Gasteiger charge is 2.08. The number of rotatable bonds is 4. The van der Waals surface area contributed by atoms with Crippen molar-refractivity contribution in [3.05, 3.63) is 21.9 Å². The summed E-state index contributed by atoms with van der Waals surface area (Å²) in [5, 5.41) is 1.95. The van der Waals surface area contributed by atoms with Crippen molar-refractivity contribution in [1.29, 1.82) is 0 Å². The highest BCUT2D eigenvalue weighted by molar-refractivity contribution is 7.12. The van der Waals surface area contributed by atoms with Gasteiger partial charge in [0.25, 0.3) is 0 Å². The number of esters is 1. The highest BCUT2D eigenvalue weighted by Crippen LogP contribution is 2.14. The quantitative estimate of drug-likeness (QED) is 0.549. The third-order valence-corrected chi connectivity index (χ3v) is 2.69. The van der Waals surface area contributed by atoms with E-state index in [4.69, 9.17) is 4.74 Å². The molecule has 1 aromatic rings. The maximum atomic E-state index is 11.3. The van der Waals surface area contributed by atoms with Gasteiger partial charge in [0.1, 0.15) is 4.88 Å². The third kappa shape index (κ3) is 3.19. The van der Waals surface area contributed by atoms with E-state index < -0.39 is 0 Å². The van der Waals surface area contributed by atoms with Crippen LogP contribution in [-0.2, 0) is 4.74 Å². The SMILES string of the molecule is CCCCOC(=O)c1cc(C)cs1. The maximum absolute atomic E-state index is 11.3. The lowest BCUT2D eigenvalue weighted by Crippen LogP contribution is -2.03. The topological polar surface area (TPSA) is 26.3 Å². The number of hydrogen-bond donors (Lipinski definition) is 0. The van der Waals surface area contributed by atoms with Gasteiger partial charge in [-0.3, -0.25) is 0 Å². The zero-order chi connectivity index (χ0) is 9.68. The lowest BCUT2D eigenvalue weighted by atomic mass is 10.3. The molecule has 1 rings (SSSR count). The molecule has 0 N–H and O–H groups in total. The summed E-state index contributed by atoms with van der Waals surface area (Å²) in [4.78, 5) is 12.0. The van der Waals surface area contributed by atoms with E-state index in [1.165, 1.54) is 11.3 Å². The normalized spacial score (nSPS) is 10.0. The van der Waals surface area contributed by atoms with Crippen molar-refractivity contribution in [3.8, 4) is 0 Å². The van der Waals surface area contributed by atoms with Gasteiger partial charge in [0.2, 0.25) is 0 Å². The fourth-order valence-corrected chi connectivity index (χ4v) is 1.71. The Hall–Kier alpha value is -0.830. The highest BCUT2D eigenvalue weighted by atomic mass is 32.1. The minimum absolute atomic E-state index is 0.188. The molecule has 72 valence electrons. The number of carbonyl (C=O) groups is 1. The molecule has 0 amide bonds. The Morgan fingerprint density at radius 1 is 1.62 bits per heavy atom. The molecule has 1 aromatic heterocycles. The standard InChI is InChI=1S/C10H14O2S/c1-3-4-5-12-10(11)9-6-8(2)7-13-9/h6-7H,3-5H2,1-2H3. The second-order valence-corrected chi connectivity index (χ2v) is 3.89. The molecule has 0 spiro atoms. The van der Waals surface area contributed by atoms with E-state index in [2.05, 4.69) is 6.92 Å². The summed E-state index contributed by atoms with van der Waals surface area (Å²) in [7, 11) is 0. The third-order valence-electron chi connectivity index (χ3n) is 1.66. The van der Waals surface area contributed by atoms with E-state index in [1.807, 2.05) is 18.4 Å². The van der Waals surface area contributed by atoms with Crippen LogP contribution >= 0.6 is 11.3 Å². The molecule has 0 fully saturated rings. The monoisotopic (exact) mass is 198 g/mol. The number of unbranched alkanes of at least 4 members (excludes halogenated alkanes) is 1. The Kier molecular flexibility index (Phi) is 3.96. The molecule has 13 heavy (non-hydrogen) atoms. The van der Waals surface area contributed by atoms with Gasteiger partial charge in [-0.15, -0.1) is 11.3 Å². The molecule has 1 heterocycles. The smallest absolute Gasteiger partial charge is 0.348 e. The van der Waals surface area contributed by atoms with Crippen LogP contribution in [0.1, 0.15) is 35.0 Å². The summed E-state index contributed by atoms with van der Waals surface area (Å²) in [6, 6.07) is 1.86. The van der Waals surface area contributed by atoms with Crippen LogP contribution in [0.25, 0.3) is 0 Å². The summed E-state index contributed by atoms with van der Waals surface area (Å²) >= 11 is 1.44. The first-order chi connectivity index (χ1) is 6.24. The Balaban J connectivity index is 2.40. The Labute approximate surface area is 82.5 Å². The number of carbonyl (C=O) groups excluding carboxylic acids is 1. The van der Waals surface area contributed by atoms with E-state index in [-0.39, 0.29) is 5.97 Å². The molecule has 0 aliphatic rings. The van der Waals surface area contributed by atoms with Crippen LogP contribution in [0, 0.1) is 6.92 Å². The van der Waals surface area contributed by atoms with Crippen LogP contribution in [0.15, 0.2) is 11.4 Å². The zero-order valence-electron chi connectivity index (χ0n) is 8.00. The first-order valence-electron chi connectivity index (χ1n) is 4.46. The van der Waals surface area contributed by atoms with Crippen molar-refractivity contribution in [2.45, 2.75) is 26.7 Å². The van der Waals surface area contributed by atoms with Gasteiger partial charge in [-0.2, -0.15) is 0 Å². The van der Waals surface area contributed by atoms with Crippen molar-refractivity contribution in [2.24, 2.45) is 0 Å². The molecule has 0 saturated carbocycles. The van der Waals surface area contributed by atoms with Crippen LogP contribution in [0.5, 0.6) is 0 Å². The first kappa shape index (κ1) is 10.3. The predicted molar refractivity (Wildman–Crippen MR) is 54.2 cm³/mol. The first-order valence-corrected chi connectivity index (χ1v) is 5.34. The van der Waals surface area contributed by atoms with Gasteiger partial charge in [-0.25, -0.2) is 4.79 Å². The van der Waals surface area contributed by atoms with Gasteiger partial charge in [0.15, 0.2) is 0 Å². The Morgan fingerprint density at radius 3 is 2.92 bits per heavy atom. The number of hydrogen-bond acceptors (Lipinski definition) is 3. The fourth-order valence-electron chi connectivity index (χ4n) is 0.919. The van der Waals surface area contributed by atoms with E-state index in [0.717, 1.165) is 18.4 Å². The van der Waals surface area contributed by atoms with Gasteiger partial charge in [0.05, 0.1) is 6.61 Å². The Morgan fingerprint density at radius 2 is 2.38 bits per heavy atom. The Bertz CT molecular complexity index is 278. The van der Waals surface area contributed by atoms with Crippen molar-refractivity contribution in [2.75, 3.05) is 6.61 Å². The van der Waals surface area contributed by atoms with Crippen LogP contribution in [-0.4, -0.2) is 12.6 Å². The van der Waals surface area contributed by atoms with Crippen molar-refractivity contribution >= 4 is 17.3 Å². The van der Waals surface area contributed by atoms with E-state index >= 15 is 0 Å². The largest absolute Gasteiger partial charge is 0.462 e. The van der Waals surface area contributed by atoms with Gasteiger partial charge in [-0.1, -0.05) is 13.3 Å². The van der Waals surface area contributed by atoms with Gasteiger partial charge in [-0.05, 0) is 30.4 Å². The summed E-state index contributed by atoms with van der Waals surface area (Å²) < 4.78 is 5.05. The van der Waals surface area contributed by atoms with Crippen molar-refractivity contribution in [3.63, 3.8) is 0 Å². The molecule has 0 radical (unpaired) electrons. The molecule has 3 heteroatoms. The predicted octanol–water partition coefficient (Wildman–Crippen LogP) is 3.01. The van der Waals surface area contributed by atoms with E-state index in [9.17, 15) is 4.79 Å². The van der Waals surface area contributed by atoms with Crippen molar-refractivity contribution in [1.82, 2.24) is 0 Å². The lowest BCUT2D eigenvalue weighted by molar-refractivity contribution is 0.0505. The minimum Gasteiger partial charge on any atom is -0.462 e. The van der Waals surface area contributed by atoms with Gasteiger partial charge in [0, 0.05) is 0 Å². The number of thiophene rings is 1. The molecule has 0 aliphatic heterocycles. The molecule has 0 atom stereocenters. The van der Waals surface area contributed by atoms with Crippen LogP contribution < -0.4 is 0 Å². The lowest BCUT2D eigenvalue weighted by Gasteiger charge is -2.00. The molecule has 0 aromatic carbocycles. The molecule has 0 saturated heterocycles. The van der Waals surface area contributed by atoms with Gasteiger partial charge >= 0.3 is 5.97 Å². The average Bonchev–Trinajstić information content (AvgIpc) is 2.52. The maximum Gasteiger partial charge on any atom is 0.348 e. The molecule has 0 unspecified atom stereocenters.